The predicted molar refractivity (Wildman–Crippen MR) is 41.0 cm³/mol. The molecule has 1 N–H and O–H groups in total. The highest BCUT2D eigenvalue weighted by Gasteiger charge is 2.02. The van der Waals surface area contributed by atoms with E-state index >= 15 is 0 Å². The van der Waals surface area contributed by atoms with Crippen LogP contribution >= 0.6 is 22.9 Å². The maximum atomic E-state index is 8.82. The van der Waals surface area contributed by atoms with Crippen molar-refractivity contribution in [2.45, 2.75) is 0 Å². The molecule has 0 atom stereocenters. The van der Waals surface area contributed by atoms with Crippen molar-refractivity contribution in [1.82, 2.24) is 0 Å². The largest absolute Gasteiger partial charge is 0.507 e. The number of aliphatic hydroxyl groups excluding tert-OH is 1. The van der Waals surface area contributed by atoms with Crippen LogP contribution in [0.4, 0.5) is 0 Å². The van der Waals surface area contributed by atoms with Gasteiger partial charge in [-0.3, -0.25) is 0 Å². The lowest BCUT2D eigenvalue weighted by atomic mass is 10.4. The van der Waals surface area contributed by atoms with Gasteiger partial charge in [0.1, 0.15) is 5.76 Å². The molecule has 0 aliphatic carbocycles. The molecule has 1 rings (SSSR count). The van der Waals surface area contributed by atoms with E-state index in [2.05, 4.69) is 6.58 Å². The van der Waals surface area contributed by atoms with E-state index in [9.17, 15) is 0 Å². The Balaban J connectivity index is 3.08. The Hall–Kier alpha value is -0.470. The van der Waals surface area contributed by atoms with E-state index in [1.165, 1.54) is 11.3 Å². The molecule has 0 amide bonds. The third kappa shape index (κ3) is 1.26. The Labute approximate surface area is 62.2 Å². The van der Waals surface area contributed by atoms with Gasteiger partial charge in [-0.1, -0.05) is 18.2 Å². The number of thiophene rings is 1. The van der Waals surface area contributed by atoms with Crippen molar-refractivity contribution in [1.29, 1.82) is 0 Å². The Morgan fingerprint density at radius 3 is 2.67 bits per heavy atom. The van der Waals surface area contributed by atoms with Gasteiger partial charge in [-0.15, -0.1) is 11.3 Å². The Kier molecular flexibility index (Phi) is 1.78. The van der Waals surface area contributed by atoms with Crippen LogP contribution < -0.4 is 0 Å². The molecule has 1 heterocycles. The van der Waals surface area contributed by atoms with E-state index in [1.807, 2.05) is 0 Å². The van der Waals surface area contributed by atoms with Crippen LogP contribution in [0.15, 0.2) is 18.0 Å². The molecule has 0 saturated heterocycles. The molecule has 1 aromatic rings. The SMILES string of the molecule is C=C(O)c1sccc1Cl. The molecule has 9 heavy (non-hydrogen) atoms. The predicted octanol–water partition coefficient (Wildman–Crippen LogP) is 2.93. The van der Waals surface area contributed by atoms with Gasteiger partial charge in [-0.05, 0) is 11.4 Å². The topological polar surface area (TPSA) is 20.2 Å². The van der Waals surface area contributed by atoms with Gasteiger partial charge in [-0.2, -0.15) is 0 Å². The molecule has 0 saturated carbocycles. The van der Waals surface area contributed by atoms with Gasteiger partial charge < -0.3 is 5.11 Å². The second-order valence-electron chi connectivity index (χ2n) is 1.54. The maximum Gasteiger partial charge on any atom is 0.127 e. The number of hydrogen-bond acceptors (Lipinski definition) is 2. The fourth-order valence-corrected chi connectivity index (χ4v) is 1.54. The highest BCUT2D eigenvalue weighted by Crippen LogP contribution is 2.26. The lowest BCUT2D eigenvalue weighted by molar-refractivity contribution is 0.516. The van der Waals surface area contributed by atoms with Crippen LogP contribution in [-0.4, -0.2) is 5.11 Å². The number of aliphatic hydroxyl groups is 1. The van der Waals surface area contributed by atoms with E-state index in [1.54, 1.807) is 11.4 Å². The molecule has 0 radical (unpaired) electrons. The lowest BCUT2D eigenvalue weighted by Gasteiger charge is -1.90. The highest BCUT2D eigenvalue weighted by molar-refractivity contribution is 7.11. The fourth-order valence-electron chi connectivity index (χ4n) is 0.500. The first kappa shape index (κ1) is 6.65. The van der Waals surface area contributed by atoms with E-state index in [-0.39, 0.29) is 5.76 Å². The summed E-state index contributed by atoms with van der Waals surface area (Å²) in [4.78, 5) is 0.650. The molecule has 0 aromatic carbocycles. The van der Waals surface area contributed by atoms with Crippen LogP contribution in [0.25, 0.3) is 5.76 Å². The minimum Gasteiger partial charge on any atom is -0.507 e. The summed E-state index contributed by atoms with van der Waals surface area (Å²) in [6.45, 7) is 3.34. The van der Waals surface area contributed by atoms with E-state index in [0.717, 1.165) is 0 Å². The van der Waals surface area contributed by atoms with Crippen LogP contribution in [0, 0.1) is 0 Å². The van der Waals surface area contributed by atoms with E-state index < -0.39 is 0 Å². The van der Waals surface area contributed by atoms with Crippen molar-refractivity contribution in [3.05, 3.63) is 27.9 Å². The Morgan fingerprint density at radius 1 is 1.78 bits per heavy atom. The summed E-state index contributed by atoms with van der Waals surface area (Å²) < 4.78 is 0. The van der Waals surface area contributed by atoms with Gasteiger partial charge in [0.15, 0.2) is 0 Å². The van der Waals surface area contributed by atoms with Gasteiger partial charge in [-0.25, -0.2) is 0 Å². The van der Waals surface area contributed by atoms with Crippen LogP contribution in [-0.2, 0) is 0 Å². The van der Waals surface area contributed by atoms with Crippen LogP contribution in [0.2, 0.25) is 5.02 Å². The van der Waals surface area contributed by atoms with E-state index in [4.69, 9.17) is 16.7 Å². The Morgan fingerprint density at radius 2 is 2.44 bits per heavy atom. The summed E-state index contributed by atoms with van der Waals surface area (Å²) in [6.07, 6.45) is 0. The molecule has 3 heteroatoms. The smallest absolute Gasteiger partial charge is 0.127 e. The Bertz CT molecular complexity index is 229. The molecule has 1 nitrogen and oxygen atoms in total. The minimum absolute atomic E-state index is 0.0370. The van der Waals surface area contributed by atoms with Crippen molar-refractivity contribution in [2.24, 2.45) is 0 Å². The summed E-state index contributed by atoms with van der Waals surface area (Å²) >= 11 is 7.00. The molecule has 0 unspecified atom stereocenters. The standard InChI is InChI=1S/C6H5ClOS/c1-4(8)6-5(7)2-3-9-6/h2-3,8H,1H2. The first-order valence-corrected chi connectivity index (χ1v) is 3.59. The molecule has 1 aromatic heterocycles. The third-order valence-corrected chi connectivity index (χ3v) is 2.27. The van der Waals surface area contributed by atoms with Gasteiger partial charge >= 0.3 is 0 Å². The second kappa shape index (κ2) is 2.42. The first-order valence-electron chi connectivity index (χ1n) is 2.33. The lowest BCUT2D eigenvalue weighted by Crippen LogP contribution is -1.71. The monoisotopic (exact) mass is 160 g/mol. The summed E-state index contributed by atoms with van der Waals surface area (Å²) in [5.41, 5.74) is 0. The van der Waals surface area contributed by atoms with Crippen LogP contribution in [0.3, 0.4) is 0 Å². The zero-order chi connectivity index (χ0) is 6.85. The van der Waals surface area contributed by atoms with Crippen molar-refractivity contribution in [3.8, 4) is 0 Å². The minimum atomic E-state index is 0.0370. The van der Waals surface area contributed by atoms with Gasteiger partial charge in [0.25, 0.3) is 0 Å². The normalized spacial score (nSPS) is 9.44. The zero-order valence-corrected chi connectivity index (χ0v) is 6.17. The number of rotatable bonds is 1. The third-order valence-electron chi connectivity index (χ3n) is 0.879. The summed E-state index contributed by atoms with van der Waals surface area (Å²) in [7, 11) is 0. The van der Waals surface area contributed by atoms with Gasteiger partial charge in [0.2, 0.25) is 0 Å². The summed E-state index contributed by atoms with van der Waals surface area (Å²) in [5.74, 6) is 0.0370. The molecule has 0 aliphatic heterocycles. The van der Waals surface area contributed by atoms with Gasteiger partial charge in [0.05, 0.1) is 9.90 Å². The maximum absolute atomic E-state index is 8.82. The van der Waals surface area contributed by atoms with Crippen molar-refractivity contribution in [3.63, 3.8) is 0 Å². The van der Waals surface area contributed by atoms with Crippen LogP contribution in [0.1, 0.15) is 4.88 Å². The number of hydrogen-bond donors (Lipinski definition) is 1. The van der Waals surface area contributed by atoms with Crippen molar-refractivity contribution in [2.75, 3.05) is 0 Å². The van der Waals surface area contributed by atoms with Crippen molar-refractivity contribution < 1.29 is 5.11 Å². The van der Waals surface area contributed by atoms with Crippen LogP contribution in [0.5, 0.6) is 0 Å². The summed E-state index contributed by atoms with van der Waals surface area (Å²) in [6, 6.07) is 1.73. The molecular weight excluding hydrogens is 156 g/mol. The zero-order valence-electron chi connectivity index (χ0n) is 4.60. The molecular formula is C6H5ClOS. The van der Waals surface area contributed by atoms with Crippen molar-refractivity contribution >= 4 is 28.7 Å². The molecule has 0 aliphatic rings. The quantitative estimate of drug-likeness (QED) is 0.627. The fraction of sp³-hybridized carbons (Fsp3) is 0. The van der Waals surface area contributed by atoms with E-state index in [0.29, 0.717) is 9.90 Å². The molecule has 0 spiro atoms. The molecule has 48 valence electrons. The number of halogens is 1. The second-order valence-corrected chi connectivity index (χ2v) is 2.87. The summed E-state index contributed by atoms with van der Waals surface area (Å²) in [5, 5.41) is 11.2. The highest BCUT2D eigenvalue weighted by atomic mass is 35.5. The average molecular weight is 161 g/mol. The molecule has 0 bridgehead atoms. The first-order chi connectivity index (χ1) is 4.22. The average Bonchev–Trinajstić information content (AvgIpc) is 2.13. The molecule has 0 fully saturated rings. The van der Waals surface area contributed by atoms with Gasteiger partial charge in [0, 0.05) is 0 Å².